The summed E-state index contributed by atoms with van der Waals surface area (Å²) in [6, 6.07) is 10.7. The average Bonchev–Trinajstić information content (AvgIpc) is 3.14. The highest BCUT2D eigenvalue weighted by molar-refractivity contribution is 6.30. The molecule has 0 radical (unpaired) electrons. The molecule has 5 rings (SSSR count). The van der Waals surface area contributed by atoms with Gasteiger partial charge in [-0.15, -0.1) is 0 Å². The SMILES string of the molecule is Cc1cncn1CCCC1=Cc2cc(Cl)ccc2C(C2CCNCC2)c2ncccc21. The Morgan fingerprint density at radius 2 is 2.06 bits per heavy atom. The van der Waals surface area contributed by atoms with Gasteiger partial charge in [-0.05, 0) is 92.1 Å². The van der Waals surface area contributed by atoms with Gasteiger partial charge >= 0.3 is 0 Å². The molecule has 31 heavy (non-hydrogen) atoms. The van der Waals surface area contributed by atoms with Crippen LogP contribution in [0.3, 0.4) is 0 Å². The number of hydrogen-bond acceptors (Lipinski definition) is 3. The summed E-state index contributed by atoms with van der Waals surface area (Å²) in [6.07, 6.45) is 12.6. The number of hydrogen-bond donors (Lipinski definition) is 1. The van der Waals surface area contributed by atoms with E-state index in [4.69, 9.17) is 16.6 Å². The standard InChI is InChI=1S/C26H29ClN4/c1-18-16-29-17-31(18)13-3-4-20-14-21-15-22(27)6-7-23(21)25(19-8-11-28-12-9-19)26-24(20)5-2-10-30-26/h2,5-7,10,14-17,19,25,28H,3-4,8-9,11-13H2,1H3. The number of fused-ring (bicyclic) bond motifs is 2. The van der Waals surface area contributed by atoms with Crippen LogP contribution in [0.15, 0.2) is 49.1 Å². The van der Waals surface area contributed by atoms with Crippen LogP contribution in [0.25, 0.3) is 11.6 Å². The molecule has 3 heterocycles. The van der Waals surface area contributed by atoms with Crippen LogP contribution in [0.1, 0.15) is 59.7 Å². The number of allylic oxidation sites excluding steroid dienone is 1. The van der Waals surface area contributed by atoms with Crippen molar-refractivity contribution in [3.63, 3.8) is 0 Å². The van der Waals surface area contributed by atoms with Crippen molar-refractivity contribution in [3.05, 3.63) is 82.2 Å². The molecule has 0 bridgehead atoms. The van der Waals surface area contributed by atoms with E-state index in [1.165, 1.54) is 46.5 Å². The predicted octanol–water partition coefficient (Wildman–Crippen LogP) is 5.71. The van der Waals surface area contributed by atoms with Crippen LogP contribution in [0, 0.1) is 12.8 Å². The number of aromatic nitrogens is 3. The summed E-state index contributed by atoms with van der Waals surface area (Å²) in [5.74, 6) is 0.909. The van der Waals surface area contributed by atoms with Gasteiger partial charge in [-0.1, -0.05) is 29.8 Å². The zero-order valence-corrected chi connectivity index (χ0v) is 18.8. The fourth-order valence-electron chi connectivity index (χ4n) is 5.23. The number of halogens is 1. The van der Waals surface area contributed by atoms with Gasteiger partial charge in [-0.2, -0.15) is 0 Å². The lowest BCUT2D eigenvalue weighted by Crippen LogP contribution is -2.32. The summed E-state index contributed by atoms with van der Waals surface area (Å²) in [6.45, 7) is 5.24. The van der Waals surface area contributed by atoms with Gasteiger partial charge in [-0.3, -0.25) is 4.98 Å². The lowest BCUT2D eigenvalue weighted by atomic mass is 9.76. The van der Waals surface area contributed by atoms with E-state index in [1.54, 1.807) is 0 Å². The van der Waals surface area contributed by atoms with E-state index in [-0.39, 0.29) is 0 Å². The van der Waals surface area contributed by atoms with Crippen LogP contribution in [-0.2, 0) is 6.54 Å². The van der Waals surface area contributed by atoms with Crippen molar-refractivity contribution in [1.82, 2.24) is 19.9 Å². The summed E-state index contributed by atoms with van der Waals surface area (Å²) in [5.41, 5.74) is 7.74. The Kier molecular flexibility index (Phi) is 5.93. The number of pyridine rings is 1. The fourth-order valence-corrected chi connectivity index (χ4v) is 5.41. The second-order valence-electron chi connectivity index (χ2n) is 8.78. The number of benzene rings is 1. The van der Waals surface area contributed by atoms with Crippen molar-refractivity contribution in [2.45, 2.75) is 45.1 Å². The van der Waals surface area contributed by atoms with E-state index < -0.39 is 0 Å². The smallest absolute Gasteiger partial charge is 0.0948 e. The van der Waals surface area contributed by atoms with Crippen molar-refractivity contribution in [2.24, 2.45) is 5.92 Å². The minimum atomic E-state index is 0.315. The molecule has 160 valence electrons. The van der Waals surface area contributed by atoms with Gasteiger partial charge in [0.15, 0.2) is 0 Å². The molecule has 1 aliphatic heterocycles. The van der Waals surface area contributed by atoms with Crippen molar-refractivity contribution in [2.75, 3.05) is 13.1 Å². The van der Waals surface area contributed by atoms with E-state index in [2.05, 4.69) is 52.1 Å². The van der Waals surface area contributed by atoms with E-state index in [0.29, 0.717) is 11.8 Å². The molecule has 2 aliphatic rings. The largest absolute Gasteiger partial charge is 0.335 e. The predicted molar refractivity (Wildman–Crippen MR) is 127 cm³/mol. The Morgan fingerprint density at radius 3 is 2.87 bits per heavy atom. The first-order chi connectivity index (χ1) is 15.2. The Labute approximate surface area is 189 Å². The Bertz CT molecular complexity index is 1090. The van der Waals surface area contributed by atoms with Gasteiger partial charge in [0.05, 0.1) is 12.0 Å². The van der Waals surface area contributed by atoms with Crippen LogP contribution >= 0.6 is 11.6 Å². The van der Waals surface area contributed by atoms with E-state index >= 15 is 0 Å². The first-order valence-electron chi connectivity index (χ1n) is 11.3. The first kappa shape index (κ1) is 20.5. The average molecular weight is 433 g/mol. The van der Waals surface area contributed by atoms with Crippen molar-refractivity contribution in [3.8, 4) is 0 Å². The summed E-state index contributed by atoms with van der Waals surface area (Å²) < 4.78 is 2.23. The minimum absolute atomic E-state index is 0.315. The molecule has 0 amide bonds. The first-order valence-corrected chi connectivity index (χ1v) is 11.7. The number of nitrogens with zero attached hydrogens (tertiary/aromatic N) is 3. The van der Waals surface area contributed by atoms with Crippen molar-refractivity contribution in [1.29, 1.82) is 0 Å². The van der Waals surface area contributed by atoms with E-state index in [0.717, 1.165) is 37.5 Å². The topological polar surface area (TPSA) is 42.7 Å². The zero-order chi connectivity index (χ0) is 21.2. The van der Waals surface area contributed by atoms with Crippen LogP contribution in [0.4, 0.5) is 0 Å². The highest BCUT2D eigenvalue weighted by Gasteiger charge is 2.32. The van der Waals surface area contributed by atoms with Gasteiger partial charge in [0.25, 0.3) is 0 Å². The van der Waals surface area contributed by atoms with Gasteiger partial charge in [0.1, 0.15) is 0 Å². The summed E-state index contributed by atoms with van der Waals surface area (Å²) >= 11 is 6.45. The molecule has 1 aliphatic carbocycles. The molecule has 0 saturated carbocycles. The second-order valence-corrected chi connectivity index (χ2v) is 9.21. The molecule has 1 unspecified atom stereocenters. The third-order valence-corrected chi connectivity index (χ3v) is 7.05. The molecule has 0 spiro atoms. The van der Waals surface area contributed by atoms with Gasteiger partial charge in [0.2, 0.25) is 0 Å². The number of rotatable bonds is 5. The van der Waals surface area contributed by atoms with Crippen LogP contribution < -0.4 is 5.32 Å². The lowest BCUT2D eigenvalue weighted by molar-refractivity contribution is 0.339. The number of aryl methyl sites for hydroxylation is 2. The molecule has 2 aromatic heterocycles. The van der Waals surface area contributed by atoms with Crippen molar-refractivity contribution >= 4 is 23.3 Å². The Morgan fingerprint density at radius 1 is 1.19 bits per heavy atom. The van der Waals surface area contributed by atoms with Gasteiger partial charge in [-0.25, -0.2) is 4.98 Å². The lowest BCUT2D eigenvalue weighted by Gasteiger charge is -2.32. The van der Waals surface area contributed by atoms with Crippen LogP contribution in [0.2, 0.25) is 5.02 Å². The molecule has 1 fully saturated rings. The highest BCUT2D eigenvalue weighted by Crippen LogP contribution is 2.44. The molecular formula is C26H29ClN4. The molecule has 4 nitrogen and oxygen atoms in total. The van der Waals surface area contributed by atoms with E-state index in [1.807, 2.05) is 24.8 Å². The molecule has 1 atom stereocenters. The Hall–Kier alpha value is -2.43. The van der Waals surface area contributed by atoms with E-state index in [9.17, 15) is 0 Å². The van der Waals surface area contributed by atoms with Crippen LogP contribution in [-0.4, -0.2) is 27.6 Å². The normalized spacial score (nSPS) is 18.8. The third kappa shape index (κ3) is 4.19. The summed E-state index contributed by atoms with van der Waals surface area (Å²) in [7, 11) is 0. The molecule has 1 N–H and O–H groups in total. The van der Waals surface area contributed by atoms with Crippen molar-refractivity contribution < 1.29 is 0 Å². The fraction of sp³-hybridized carbons (Fsp3) is 0.385. The second kappa shape index (κ2) is 8.97. The Balaban J connectivity index is 1.53. The number of nitrogens with one attached hydrogen (secondary N) is 1. The quantitative estimate of drug-likeness (QED) is 0.561. The van der Waals surface area contributed by atoms with Crippen LogP contribution in [0.5, 0.6) is 0 Å². The zero-order valence-electron chi connectivity index (χ0n) is 18.0. The summed E-state index contributed by atoms with van der Waals surface area (Å²) in [5, 5.41) is 4.32. The maximum Gasteiger partial charge on any atom is 0.0948 e. The molecule has 1 saturated heterocycles. The third-order valence-electron chi connectivity index (χ3n) is 6.81. The molecular weight excluding hydrogens is 404 g/mol. The molecule has 1 aromatic carbocycles. The maximum absolute atomic E-state index is 6.45. The monoisotopic (exact) mass is 432 g/mol. The highest BCUT2D eigenvalue weighted by atomic mass is 35.5. The number of piperidine rings is 1. The molecule has 5 heteroatoms. The minimum Gasteiger partial charge on any atom is -0.335 e. The number of imidazole rings is 1. The van der Waals surface area contributed by atoms with Gasteiger partial charge < -0.3 is 9.88 Å². The molecule has 3 aromatic rings. The van der Waals surface area contributed by atoms with Gasteiger partial charge in [0, 0.05) is 35.6 Å². The maximum atomic E-state index is 6.45. The summed E-state index contributed by atoms with van der Waals surface area (Å²) in [4.78, 5) is 9.23.